The molecule has 3 rings (SSSR count). The maximum absolute atomic E-state index is 13.0. The molecule has 146 valence electrons. The van der Waals surface area contributed by atoms with E-state index in [1.165, 1.54) is 21.3 Å². The number of carboxylic acids is 1. The highest BCUT2D eigenvalue weighted by Gasteiger charge is 2.38. The summed E-state index contributed by atoms with van der Waals surface area (Å²) >= 11 is 0. The first-order chi connectivity index (χ1) is 12.8. The molecule has 1 aromatic rings. The number of rotatable bonds is 4. The Hall–Kier alpha value is -2.26. The molecule has 0 saturated carbocycles. The number of nitrogens with zero attached hydrogens (tertiary/aromatic N) is 2. The van der Waals surface area contributed by atoms with Crippen molar-refractivity contribution in [1.29, 1.82) is 0 Å². The van der Waals surface area contributed by atoms with Crippen LogP contribution < -0.4 is 0 Å². The lowest BCUT2D eigenvalue weighted by molar-refractivity contribution is -0.151. The van der Waals surface area contributed by atoms with E-state index in [1.54, 1.807) is 6.08 Å². The summed E-state index contributed by atoms with van der Waals surface area (Å²) in [6.45, 7) is 0.634. The van der Waals surface area contributed by atoms with E-state index in [1.807, 2.05) is 6.08 Å². The van der Waals surface area contributed by atoms with Crippen LogP contribution >= 0.6 is 0 Å². The van der Waals surface area contributed by atoms with Gasteiger partial charge in [-0.3, -0.25) is 9.59 Å². The number of aliphatic carboxylic acids is 1. The summed E-state index contributed by atoms with van der Waals surface area (Å²) < 4.78 is 39.5. The number of sulfonamides is 1. The summed E-state index contributed by atoms with van der Waals surface area (Å²) in [5, 5.41) is 9.33. The second-order valence-corrected chi connectivity index (χ2v) is 8.62. The van der Waals surface area contributed by atoms with Crippen molar-refractivity contribution >= 4 is 21.9 Å². The molecule has 1 aliphatic heterocycles. The van der Waals surface area contributed by atoms with Gasteiger partial charge in [0.1, 0.15) is 5.82 Å². The number of hydrogen-bond acceptors (Lipinski definition) is 4. The highest BCUT2D eigenvalue weighted by atomic mass is 32.2. The number of halogens is 1. The van der Waals surface area contributed by atoms with E-state index >= 15 is 0 Å². The molecule has 0 aromatic heterocycles. The van der Waals surface area contributed by atoms with Gasteiger partial charge >= 0.3 is 5.97 Å². The zero-order valence-electron chi connectivity index (χ0n) is 14.6. The van der Waals surface area contributed by atoms with Gasteiger partial charge in [-0.05, 0) is 37.1 Å². The lowest BCUT2D eigenvalue weighted by atomic mass is 9.82. The third-order valence-electron chi connectivity index (χ3n) is 5.07. The Balaban J connectivity index is 1.66. The molecule has 0 radical (unpaired) electrons. The van der Waals surface area contributed by atoms with Crippen LogP contribution in [0.15, 0.2) is 41.3 Å². The number of allylic oxidation sites excluding steroid dienone is 2. The third-order valence-corrected chi connectivity index (χ3v) is 6.98. The summed E-state index contributed by atoms with van der Waals surface area (Å²) in [7, 11) is -3.75. The van der Waals surface area contributed by atoms with E-state index < -0.39 is 33.6 Å². The van der Waals surface area contributed by atoms with Gasteiger partial charge in [0.2, 0.25) is 15.9 Å². The van der Waals surface area contributed by atoms with Crippen molar-refractivity contribution in [1.82, 2.24) is 9.21 Å². The molecule has 1 heterocycles. The number of benzene rings is 1. The summed E-state index contributed by atoms with van der Waals surface area (Å²) in [5.74, 6) is -3.11. The van der Waals surface area contributed by atoms with E-state index in [-0.39, 0.29) is 37.0 Å². The molecule has 1 aliphatic carbocycles. The molecule has 9 heteroatoms. The second-order valence-electron chi connectivity index (χ2n) is 6.68. The molecule has 1 amide bonds. The van der Waals surface area contributed by atoms with Crippen LogP contribution in [0.5, 0.6) is 0 Å². The lowest BCUT2D eigenvalue weighted by Gasteiger charge is -2.37. The van der Waals surface area contributed by atoms with Gasteiger partial charge in [0.05, 0.1) is 16.7 Å². The number of piperazine rings is 1. The molecule has 2 aliphatic rings. The van der Waals surface area contributed by atoms with Crippen LogP contribution in [0.2, 0.25) is 0 Å². The number of amides is 1. The largest absolute Gasteiger partial charge is 0.481 e. The average molecular weight is 396 g/mol. The molecule has 0 spiro atoms. The molecule has 1 N–H and O–H groups in total. The molecule has 27 heavy (non-hydrogen) atoms. The minimum absolute atomic E-state index is 0.00651. The highest BCUT2D eigenvalue weighted by molar-refractivity contribution is 7.89. The summed E-state index contributed by atoms with van der Waals surface area (Å²) in [5.41, 5.74) is 0. The first-order valence-electron chi connectivity index (χ1n) is 8.73. The first kappa shape index (κ1) is 19.5. The van der Waals surface area contributed by atoms with Crippen molar-refractivity contribution in [3.8, 4) is 0 Å². The van der Waals surface area contributed by atoms with E-state index in [9.17, 15) is 27.5 Å². The van der Waals surface area contributed by atoms with Crippen molar-refractivity contribution in [3.63, 3.8) is 0 Å². The van der Waals surface area contributed by atoms with Crippen molar-refractivity contribution in [2.75, 3.05) is 26.2 Å². The van der Waals surface area contributed by atoms with Crippen LogP contribution in [0.1, 0.15) is 12.8 Å². The number of carboxylic acid groups (broad SMARTS) is 1. The normalized spacial score (nSPS) is 24.0. The zero-order valence-corrected chi connectivity index (χ0v) is 15.4. The molecule has 1 aromatic carbocycles. The van der Waals surface area contributed by atoms with Gasteiger partial charge in [0.15, 0.2) is 0 Å². The van der Waals surface area contributed by atoms with E-state index in [2.05, 4.69) is 0 Å². The van der Waals surface area contributed by atoms with Crippen molar-refractivity contribution in [2.24, 2.45) is 11.8 Å². The number of hydrogen-bond donors (Lipinski definition) is 1. The third kappa shape index (κ3) is 4.03. The fourth-order valence-corrected chi connectivity index (χ4v) is 4.92. The van der Waals surface area contributed by atoms with Crippen LogP contribution in [0.3, 0.4) is 0 Å². The summed E-state index contributed by atoms with van der Waals surface area (Å²) in [6, 6.07) is 4.62. The molecule has 1 saturated heterocycles. The predicted octanol–water partition coefficient (Wildman–Crippen LogP) is 1.33. The SMILES string of the molecule is O=C(O)[C@H]1CC=CC[C@@H]1C(=O)N1CCN(S(=O)(=O)c2ccc(F)cc2)CC1. The lowest BCUT2D eigenvalue weighted by Crippen LogP contribution is -2.53. The Morgan fingerprint density at radius 2 is 1.52 bits per heavy atom. The van der Waals surface area contributed by atoms with Crippen LogP contribution in [-0.2, 0) is 19.6 Å². The quantitative estimate of drug-likeness (QED) is 0.775. The van der Waals surface area contributed by atoms with Crippen molar-refractivity contribution in [2.45, 2.75) is 17.7 Å². The van der Waals surface area contributed by atoms with Gasteiger partial charge < -0.3 is 10.0 Å². The van der Waals surface area contributed by atoms with E-state index in [4.69, 9.17) is 0 Å². The van der Waals surface area contributed by atoms with Gasteiger partial charge in [-0.1, -0.05) is 12.2 Å². The van der Waals surface area contributed by atoms with Crippen LogP contribution in [0.25, 0.3) is 0 Å². The number of carbonyl (C=O) groups is 2. The maximum Gasteiger partial charge on any atom is 0.307 e. The van der Waals surface area contributed by atoms with Crippen LogP contribution in [0, 0.1) is 17.7 Å². The molecule has 1 fully saturated rings. The second kappa shape index (κ2) is 7.77. The van der Waals surface area contributed by atoms with E-state index in [0.717, 1.165) is 12.1 Å². The van der Waals surface area contributed by atoms with Gasteiger partial charge in [0, 0.05) is 26.2 Å². The highest BCUT2D eigenvalue weighted by Crippen LogP contribution is 2.28. The molecule has 0 bridgehead atoms. The fraction of sp³-hybridized carbons (Fsp3) is 0.444. The van der Waals surface area contributed by atoms with E-state index in [0.29, 0.717) is 12.8 Å². The maximum atomic E-state index is 13.0. The fourth-order valence-electron chi connectivity index (χ4n) is 3.50. The van der Waals surface area contributed by atoms with Gasteiger partial charge in [0.25, 0.3) is 0 Å². The Labute approximate surface area is 157 Å². The topological polar surface area (TPSA) is 95.0 Å². The summed E-state index contributed by atoms with van der Waals surface area (Å²) in [4.78, 5) is 25.7. The molecular formula is C18H21FN2O5S. The molecule has 0 unspecified atom stereocenters. The molecular weight excluding hydrogens is 375 g/mol. The zero-order chi connectivity index (χ0) is 19.6. The minimum Gasteiger partial charge on any atom is -0.481 e. The Morgan fingerprint density at radius 3 is 2.07 bits per heavy atom. The van der Waals surface area contributed by atoms with Crippen LogP contribution in [0.4, 0.5) is 4.39 Å². The first-order valence-corrected chi connectivity index (χ1v) is 10.2. The number of carbonyl (C=O) groups excluding carboxylic acids is 1. The Morgan fingerprint density at radius 1 is 0.963 bits per heavy atom. The Kier molecular flexibility index (Phi) is 5.61. The minimum atomic E-state index is -3.75. The standard InChI is InChI=1S/C18H21FN2O5S/c19-13-5-7-14(8-6-13)27(25,26)21-11-9-20(10-12-21)17(22)15-3-1-2-4-16(15)18(23)24/h1-2,5-8,15-16H,3-4,9-12H2,(H,23,24)/t15-,16-/m0/s1. The molecule has 7 nitrogen and oxygen atoms in total. The van der Waals surface area contributed by atoms with Crippen molar-refractivity contribution < 1.29 is 27.5 Å². The van der Waals surface area contributed by atoms with Gasteiger partial charge in [-0.25, -0.2) is 12.8 Å². The van der Waals surface area contributed by atoms with Crippen molar-refractivity contribution in [3.05, 3.63) is 42.2 Å². The monoisotopic (exact) mass is 396 g/mol. The smallest absolute Gasteiger partial charge is 0.307 e. The van der Waals surface area contributed by atoms with Gasteiger partial charge in [-0.2, -0.15) is 4.31 Å². The Bertz CT molecular complexity index is 845. The van der Waals surface area contributed by atoms with Crippen LogP contribution in [-0.4, -0.2) is 60.8 Å². The molecule has 2 atom stereocenters. The summed E-state index contributed by atoms with van der Waals surface area (Å²) in [6.07, 6.45) is 4.29. The average Bonchev–Trinajstić information content (AvgIpc) is 2.68. The van der Waals surface area contributed by atoms with Gasteiger partial charge in [-0.15, -0.1) is 0 Å². The predicted molar refractivity (Wildman–Crippen MR) is 94.7 cm³/mol.